The van der Waals surface area contributed by atoms with Crippen molar-refractivity contribution >= 4 is 14.0 Å². The largest absolute Gasteiger partial charge is 0.481 e. The molecule has 0 bridgehead atoms. The lowest BCUT2D eigenvalue weighted by atomic mass is 9.96. The van der Waals surface area contributed by atoms with Crippen LogP contribution in [0.15, 0.2) is 54.6 Å². The number of aliphatic hydroxyl groups excluding tert-OH is 1. The molecule has 182 valence electrons. The van der Waals surface area contributed by atoms with Crippen molar-refractivity contribution in [2.75, 3.05) is 12.8 Å². The molecule has 9 heteroatoms. The third-order valence-electron chi connectivity index (χ3n) is 5.34. The van der Waals surface area contributed by atoms with Crippen LogP contribution >= 0.6 is 8.03 Å². The van der Waals surface area contributed by atoms with Gasteiger partial charge in [0.25, 0.3) is 0 Å². The summed E-state index contributed by atoms with van der Waals surface area (Å²) < 4.78 is 32.9. The van der Waals surface area contributed by atoms with Crippen LogP contribution in [0.4, 0.5) is 4.39 Å². The Hall–Kier alpha value is -2.80. The number of para-hydroxylation sites is 1. The van der Waals surface area contributed by atoms with Crippen molar-refractivity contribution in [2.24, 2.45) is 0 Å². The average Bonchev–Trinajstić information content (AvgIpc) is 3.17. The van der Waals surface area contributed by atoms with Gasteiger partial charge in [0.15, 0.2) is 8.03 Å². The summed E-state index contributed by atoms with van der Waals surface area (Å²) in [5.74, 6) is -1.31. The maximum atomic E-state index is 13.5. The van der Waals surface area contributed by atoms with Crippen LogP contribution in [0.5, 0.6) is 0 Å². The van der Waals surface area contributed by atoms with E-state index in [9.17, 15) is 18.9 Å². The van der Waals surface area contributed by atoms with E-state index in [0.717, 1.165) is 28.2 Å². The Morgan fingerprint density at radius 1 is 1.15 bits per heavy atom. The zero-order chi connectivity index (χ0) is 24.7. The average molecular weight is 488 g/mol. The topological polar surface area (TPSA) is 102 Å². The lowest BCUT2D eigenvalue weighted by molar-refractivity contribution is -0.138. The molecule has 1 unspecified atom stereocenters. The van der Waals surface area contributed by atoms with Gasteiger partial charge in [0.2, 0.25) is 0 Å². The van der Waals surface area contributed by atoms with E-state index in [-0.39, 0.29) is 24.5 Å². The number of nitrogens with zero attached hydrogens (tertiary/aromatic N) is 2. The van der Waals surface area contributed by atoms with Gasteiger partial charge in [-0.25, -0.2) is 9.07 Å². The molecule has 0 aliphatic rings. The van der Waals surface area contributed by atoms with Crippen LogP contribution < -0.4 is 0 Å². The van der Waals surface area contributed by atoms with Gasteiger partial charge in [-0.1, -0.05) is 32.0 Å². The highest BCUT2D eigenvalue weighted by Gasteiger charge is 2.22. The van der Waals surface area contributed by atoms with Crippen molar-refractivity contribution in [1.29, 1.82) is 0 Å². The van der Waals surface area contributed by atoms with E-state index in [0.29, 0.717) is 12.8 Å². The van der Waals surface area contributed by atoms with Crippen LogP contribution in [0.1, 0.15) is 43.9 Å². The summed E-state index contributed by atoms with van der Waals surface area (Å²) in [4.78, 5) is 10.6. The smallest absolute Gasteiger partial charge is 0.305 e. The Bertz CT molecular complexity index is 1120. The predicted octanol–water partition coefficient (Wildman–Crippen LogP) is 5.06. The highest BCUT2D eigenvalue weighted by atomic mass is 31.1. The Kier molecular flexibility index (Phi) is 9.16. The van der Waals surface area contributed by atoms with Crippen LogP contribution in [0.2, 0.25) is 0 Å². The first-order valence-corrected chi connectivity index (χ1v) is 12.8. The minimum absolute atomic E-state index is 0.156. The van der Waals surface area contributed by atoms with E-state index < -0.39 is 26.5 Å². The number of hydrogen-bond donors (Lipinski definition) is 2. The van der Waals surface area contributed by atoms with Gasteiger partial charge in [-0.15, -0.1) is 0 Å². The van der Waals surface area contributed by atoms with Crippen molar-refractivity contribution in [2.45, 2.75) is 45.1 Å². The molecule has 3 rings (SSSR count). The van der Waals surface area contributed by atoms with Gasteiger partial charge in [0.1, 0.15) is 5.82 Å². The molecular formula is C25H30FN2O5P. The van der Waals surface area contributed by atoms with Gasteiger partial charge >= 0.3 is 5.97 Å². The summed E-state index contributed by atoms with van der Waals surface area (Å²) in [5, 5.41) is 23.2. The molecule has 0 saturated carbocycles. The fraction of sp³-hybridized carbons (Fsp3) is 0.360. The van der Waals surface area contributed by atoms with Gasteiger partial charge in [0.05, 0.1) is 36.2 Å². The lowest BCUT2D eigenvalue weighted by Crippen LogP contribution is -2.15. The first-order chi connectivity index (χ1) is 16.3. The second-order valence-electron chi connectivity index (χ2n) is 8.40. The predicted molar refractivity (Wildman–Crippen MR) is 129 cm³/mol. The van der Waals surface area contributed by atoms with Gasteiger partial charge in [-0.3, -0.25) is 9.36 Å². The van der Waals surface area contributed by atoms with Crippen molar-refractivity contribution in [3.63, 3.8) is 0 Å². The molecular weight excluding hydrogens is 458 g/mol. The number of carbonyl (C=O) groups is 1. The molecule has 0 saturated heterocycles. The molecule has 34 heavy (non-hydrogen) atoms. The Balaban J connectivity index is 1.82. The molecule has 0 fully saturated rings. The molecule has 0 spiro atoms. The van der Waals surface area contributed by atoms with Crippen molar-refractivity contribution in [1.82, 2.24) is 9.78 Å². The minimum atomic E-state index is -2.54. The Morgan fingerprint density at radius 2 is 1.82 bits per heavy atom. The molecule has 0 aliphatic carbocycles. The highest BCUT2D eigenvalue weighted by Crippen LogP contribution is 2.33. The quantitative estimate of drug-likeness (QED) is 0.273. The highest BCUT2D eigenvalue weighted by molar-refractivity contribution is 7.39. The van der Waals surface area contributed by atoms with E-state index in [1.807, 2.05) is 35.0 Å². The van der Waals surface area contributed by atoms with Gasteiger partial charge in [0, 0.05) is 17.3 Å². The summed E-state index contributed by atoms with van der Waals surface area (Å²) in [6.07, 6.45) is -0.677. The minimum Gasteiger partial charge on any atom is -0.481 e. The number of aromatic nitrogens is 2. The summed E-state index contributed by atoms with van der Waals surface area (Å²) in [6, 6.07) is 16.0. The van der Waals surface area contributed by atoms with E-state index in [1.165, 1.54) is 12.1 Å². The number of halogens is 1. The zero-order valence-electron chi connectivity index (χ0n) is 19.3. The van der Waals surface area contributed by atoms with Crippen LogP contribution in [-0.4, -0.2) is 44.8 Å². The molecule has 2 atom stereocenters. The van der Waals surface area contributed by atoms with E-state index in [2.05, 4.69) is 13.8 Å². The molecule has 2 aromatic carbocycles. The molecule has 2 N–H and O–H groups in total. The normalized spacial score (nSPS) is 13.2. The third-order valence-corrected chi connectivity index (χ3v) is 6.67. The third kappa shape index (κ3) is 6.86. The Labute approximate surface area is 199 Å². The van der Waals surface area contributed by atoms with Crippen molar-refractivity contribution in [3.8, 4) is 16.9 Å². The number of carboxylic acid groups (broad SMARTS) is 1. The zero-order valence-corrected chi connectivity index (χ0v) is 20.3. The lowest BCUT2D eigenvalue weighted by Gasteiger charge is -2.13. The van der Waals surface area contributed by atoms with Gasteiger partial charge in [-0.2, -0.15) is 5.10 Å². The van der Waals surface area contributed by atoms with E-state index >= 15 is 0 Å². The van der Waals surface area contributed by atoms with Crippen molar-refractivity contribution in [3.05, 3.63) is 71.7 Å². The summed E-state index contributed by atoms with van der Waals surface area (Å²) in [5.41, 5.74) is 4.54. The molecule has 7 nitrogen and oxygen atoms in total. The molecule has 0 aliphatic heterocycles. The first-order valence-electron chi connectivity index (χ1n) is 11.2. The Morgan fingerprint density at radius 3 is 2.44 bits per heavy atom. The van der Waals surface area contributed by atoms with Crippen LogP contribution in [0, 0.1) is 5.82 Å². The number of aliphatic carboxylic acids is 1. The number of rotatable bonds is 12. The maximum Gasteiger partial charge on any atom is 0.305 e. The summed E-state index contributed by atoms with van der Waals surface area (Å²) in [6.45, 7) is 4.38. The fourth-order valence-electron chi connectivity index (χ4n) is 3.87. The monoisotopic (exact) mass is 488 g/mol. The number of aliphatic hydroxyl groups is 1. The second kappa shape index (κ2) is 12.1. The van der Waals surface area contributed by atoms with Crippen molar-refractivity contribution < 1.29 is 28.5 Å². The fourth-order valence-corrected chi connectivity index (χ4v) is 4.89. The number of hydrogen-bond acceptors (Lipinski definition) is 5. The number of carboxylic acids is 1. The molecule has 1 aromatic heterocycles. The standard InChI is InChI=1S/C25H30FN2O5P/c1-17(2)25-22(9-6-14-33-34(32)16-21(29)15-23(30)31)24(18-10-12-19(26)13-11-18)27-28(25)20-7-4-3-5-8-20/h3-5,7-8,10-13,17,21,29,34H,6,9,14-16H2,1-2H3,(H,30,31)/t21-/m0/s1. The second-order valence-corrected chi connectivity index (χ2v) is 9.84. The van der Waals surface area contributed by atoms with E-state index in [1.54, 1.807) is 12.1 Å². The molecule has 0 amide bonds. The maximum absolute atomic E-state index is 13.5. The molecule has 3 aromatic rings. The summed E-state index contributed by atoms with van der Waals surface area (Å²) in [7, 11) is -2.54. The number of benzene rings is 2. The van der Waals surface area contributed by atoms with Crippen LogP contribution in [-0.2, 0) is 20.3 Å². The molecule has 0 radical (unpaired) electrons. The van der Waals surface area contributed by atoms with Gasteiger partial charge < -0.3 is 14.7 Å². The van der Waals surface area contributed by atoms with Crippen LogP contribution in [0.25, 0.3) is 16.9 Å². The van der Waals surface area contributed by atoms with Gasteiger partial charge in [-0.05, 0) is 55.2 Å². The van der Waals surface area contributed by atoms with E-state index in [4.69, 9.17) is 14.7 Å². The summed E-state index contributed by atoms with van der Waals surface area (Å²) >= 11 is 0. The first kappa shape index (κ1) is 25.8. The SMILES string of the molecule is CC(C)c1c(CCCO[PH](=O)C[C@@H](O)CC(=O)O)c(-c2ccc(F)cc2)nn1-c1ccccc1. The molecule has 1 heterocycles. The van der Waals surface area contributed by atoms with Crippen LogP contribution in [0.3, 0.4) is 0 Å².